The fourth-order valence-corrected chi connectivity index (χ4v) is 4.79. The average molecular weight is 414 g/mol. The van der Waals surface area contributed by atoms with Gasteiger partial charge in [0.15, 0.2) is 11.5 Å². The van der Waals surface area contributed by atoms with Crippen molar-refractivity contribution in [3.8, 4) is 17.0 Å². The second kappa shape index (κ2) is 6.60. The van der Waals surface area contributed by atoms with Gasteiger partial charge in [0.05, 0.1) is 28.7 Å². The SMILES string of the molecule is Cn1cc(-c2cc(C(=O)N3CCC4(CC3)Nc3ccccc3-n3cccc34)no2)cn1. The van der Waals surface area contributed by atoms with Crippen molar-refractivity contribution in [3.63, 3.8) is 0 Å². The predicted molar refractivity (Wildman–Crippen MR) is 115 cm³/mol. The smallest absolute Gasteiger partial charge is 0.276 e. The average Bonchev–Trinajstić information content (AvgIpc) is 3.55. The van der Waals surface area contributed by atoms with Crippen LogP contribution in [0.15, 0.2) is 65.6 Å². The number of benzene rings is 1. The van der Waals surface area contributed by atoms with Gasteiger partial charge in [0.25, 0.3) is 5.91 Å². The van der Waals surface area contributed by atoms with Gasteiger partial charge >= 0.3 is 0 Å². The van der Waals surface area contributed by atoms with Gasteiger partial charge in [0.1, 0.15) is 0 Å². The minimum atomic E-state index is -0.181. The van der Waals surface area contributed by atoms with Gasteiger partial charge in [-0.3, -0.25) is 9.48 Å². The summed E-state index contributed by atoms with van der Waals surface area (Å²) in [5.41, 5.74) is 4.50. The molecule has 2 aliphatic rings. The lowest BCUT2D eigenvalue weighted by molar-refractivity contribution is 0.0666. The summed E-state index contributed by atoms with van der Waals surface area (Å²) in [5, 5.41) is 11.9. The van der Waals surface area contributed by atoms with Crippen molar-refractivity contribution >= 4 is 11.6 Å². The molecule has 0 aliphatic carbocycles. The lowest BCUT2D eigenvalue weighted by Crippen LogP contribution is -2.51. The lowest BCUT2D eigenvalue weighted by atomic mass is 9.82. The summed E-state index contributed by atoms with van der Waals surface area (Å²) in [5.74, 6) is 0.452. The summed E-state index contributed by atoms with van der Waals surface area (Å²) < 4.78 is 9.35. The topological polar surface area (TPSA) is 81.1 Å². The molecule has 1 aromatic carbocycles. The quantitative estimate of drug-likeness (QED) is 0.544. The van der Waals surface area contributed by atoms with Crippen LogP contribution in [0.4, 0.5) is 5.69 Å². The molecular weight excluding hydrogens is 392 g/mol. The van der Waals surface area contributed by atoms with E-state index in [1.807, 2.05) is 18.1 Å². The van der Waals surface area contributed by atoms with E-state index in [4.69, 9.17) is 4.52 Å². The Hall–Kier alpha value is -3.81. The Morgan fingerprint density at radius 2 is 2.00 bits per heavy atom. The van der Waals surface area contributed by atoms with Crippen LogP contribution in [-0.2, 0) is 12.6 Å². The maximum absolute atomic E-state index is 13.1. The monoisotopic (exact) mass is 414 g/mol. The van der Waals surface area contributed by atoms with Crippen molar-refractivity contribution in [1.29, 1.82) is 0 Å². The van der Waals surface area contributed by atoms with E-state index in [0.29, 0.717) is 24.5 Å². The van der Waals surface area contributed by atoms with Crippen LogP contribution in [0.2, 0.25) is 0 Å². The molecule has 1 N–H and O–H groups in total. The van der Waals surface area contributed by atoms with Crippen molar-refractivity contribution in [2.75, 3.05) is 18.4 Å². The largest absolute Gasteiger partial charge is 0.372 e. The number of nitrogens with one attached hydrogen (secondary N) is 1. The maximum atomic E-state index is 13.1. The first-order valence-corrected chi connectivity index (χ1v) is 10.4. The van der Waals surface area contributed by atoms with Crippen molar-refractivity contribution in [2.24, 2.45) is 7.05 Å². The van der Waals surface area contributed by atoms with E-state index >= 15 is 0 Å². The molecule has 6 rings (SSSR count). The molecule has 2 aliphatic heterocycles. The highest BCUT2D eigenvalue weighted by molar-refractivity contribution is 5.93. The van der Waals surface area contributed by atoms with Gasteiger partial charge in [0.2, 0.25) is 0 Å². The zero-order valence-electron chi connectivity index (χ0n) is 17.2. The van der Waals surface area contributed by atoms with E-state index in [0.717, 1.165) is 29.8 Å². The van der Waals surface area contributed by atoms with Crippen LogP contribution in [-0.4, -0.2) is 43.4 Å². The van der Waals surface area contributed by atoms with Crippen LogP contribution in [0.1, 0.15) is 29.0 Å². The normalized spacial score (nSPS) is 16.6. The van der Waals surface area contributed by atoms with Crippen LogP contribution in [0.3, 0.4) is 0 Å². The summed E-state index contributed by atoms with van der Waals surface area (Å²) in [4.78, 5) is 14.9. The molecule has 1 fully saturated rings. The van der Waals surface area contributed by atoms with Crippen LogP contribution >= 0.6 is 0 Å². The summed E-state index contributed by atoms with van der Waals surface area (Å²) in [7, 11) is 1.84. The number of amides is 1. The second-order valence-electron chi connectivity index (χ2n) is 8.26. The van der Waals surface area contributed by atoms with Crippen molar-refractivity contribution in [3.05, 3.63) is 72.4 Å². The molecule has 3 aromatic heterocycles. The summed E-state index contributed by atoms with van der Waals surface area (Å²) in [6.07, 6.45) is 7.29. The standard InChI is InChI=1S/C23H22N6O2/c1-27-15-16(14-24-27)20-13-18(26-31-20)22(30)28-11-8-23(9-12-28)21-7-4-10-29(21)19-6-3-2-5-17(19)25-23/h2-7,10,13-15,25H,8-9,11-12H2,1H3. The van der Waals surface area contributed by atoms with Crippen molar-refractivity contribution < 1.29 is 9.32 Å². The number of hydrogen-bond acceptors (Lipinski definition) is 5. The van der Waals surface area contributed by atoms with E-state index in [2.05, 4.69) is 62.7 Å². The Bertz CT molecular complexity index is 1270. The Morgan fingerprint density at radius 3 is 2.81 bits per heavy atom. The predicted octanol–water partition coefficient (Wildman–Crippen LogP) is 3.42. The van der Waals surface area contributed by atoms with Gasteiger partial charge in [-0.1, -0.05) is 17.3 Å². The summed E-state index contributed by atoms with van der Waals surface area (Å²) >= 11 is 0. The molecular formula is C23H22N6O2. The number of carbonyl (C=O) groups is 1. The molecule has 0 unspecified atom stereocenters. The molecule has 0 atom stereocenters. The molecule has 5 heterocycles. The van der Waals surface area contributed by atoms with Gasteiger partial charge in [-0.2, -0.15) is 5.10 Å². The maximum Gasteiger partial charge on any atom is 0.276 e. The minimum Gasteiger partial charge on any atom is -0.372 e. The van der Waals surface area contributed by atoms with Crippen molar-refractivity contribution in [1.82, 2.24) is 24.4 Å². The number of rotatable bonds is 2. The Labute approximate surface area is 179 Å². The molecule has 4 aromatic rings. The minimum absolute atomic E-state index is 0.0969. The number of likely N-dealkylation sites (tertiary alicyclic amines) is 1. The van der Waals surface area contributed by atoms with Crippen LogP contribution < -0.4 is 5.32 Å². The molecule has 8 heteroatoms. The van der Waals surface area contributed by atoms with E-state index in [1.165, 1.54) is 5.69 Å². The number of aromatic nitrogens is 4. The molecule has 31 heavy (non-hydrogen) atoms. The third-order valence-electron chi connectivity index (χ3n) is 6.40. The second-order valence-corrected chi connectivity index (χ2v) is 8.26. The van der Waals surface area contributed by atoms with Gasteiger partial charge in [-0.25, -0.2) is 0 Å². The Balaban J connectivity index is 1.22. The molecule has 0 radical (unpaired) electrons. The highest BCUT2D eigenvalue weighted by Gasteiger charge is 2.42. The number of carbonyl (C=O) groups excluding carboxylic acids is 1. The van der Waals surface area contributed by atoms with Gasteiger partial charge < -0.3 is 19.3 Å². The van der Waals surface area contributed by atoms with Crippen molar-refractivity contribution in [2.45, 2.75) is 18.4 Å². The number of piperidine rings is 1. The number of fused-ring (bicyclic) bond motifs is 4. The lowest BCUT2D eigenvalue weighted by Gasteiger charge is -2.46. The molecule has 0 bridgehead atoms. The van der Waals surface area contributed by atoms with E-state index in [-0.39, 0.29) is 11.4 Å². The Morgan fingerprint density at radius 1 is 1.16 bits per heavy atom. The first-order chi connectivity index (χ1) is 15.1. The zero-order valence-corrected chi connectivity index (χ0v) is 17.2. The van der Waals surface area contributed by atoms with E-state index < -0.39 is 0 Å². The van der Waals surface area contributed by atoms with Gasteiger partial charge in [-0.15, -0.1) is 0 Å². The molecule has 1 spiro atoms. The highest BCUT2D eigenvalue weighted by atomic mass is 16.5. The number of para-hydroxylation sites is 2. The molecule has 1 saturated heterocycles. The van der Waals surface area contributed by atoms with E-state index in [9.17, 15) is 4.79 Å². The first kappa shape index (κ1) is 18.0. The molecule has 1 amide bonds. The van der Waals surface area contributed by atoms with Crippen LogP contribution in [0.25, 0.3) is 17.0 Å². The fraction of sp³-hybridized carbons (Fsp3) is 0.261. The van der Waals surface area contributed by atoms with Gasteiger partial charge in [-0.05, 0) is 37.1 Å². The number of hydrogen-bond donors (Lipinski definition) is 1. The van der Waals surface area contributed by atoms with Crippen LogP contribution in [0.5, 0.6) is 0 Å². The van der Waals surface area contributed by atoms with Gasteiger partial charge in [0, 0.05) is 44.3 Å². The molecule has 8 nitrogen and oxygen atoms in total. The molecule has 156 valence electrons. The number of anilines is 1. The third-order valence-corrected chi connectivity index (χ3v) is 6.40. The fourth-order valence-electron chi connectivity index (χ4n) is 4.79. The third kappa shape index (κ3) is 2.78. The Kier molecular flexibility index (Phi) is 3.83. The summed E-state index contributed by atoms with van der Waals surface area (Å²) in [6.45, 7) is 1.29. The van der Waals surface area contributed by atoms with Crippen LogP contribution in [0, 0.1) is 0 Å². The molecule has 0 saturated carbocycles. The zero-order chi connectivity index (χ0) is 21.0. The summed E-state index contributed by atoms with van der Waals surface area (Å²) in [6, 6.07) is 14.3. The number of nitrogens with zero attached hydrogens (tertiary/aromatic N) is 5. The number of aryl methyl sites for hydroxylation is 1. The highest BCUT2D eigenvalue weighted by Crippen LogP contribution is 2.43. The van der Waals surface area contributed by atoms with E-state index in [1.54, 1.807) is 16.9 Å². The first-order valence-electron chi connectivity index (χ1n) is 10.4.